The molecule has 3 heterocycles. The van der Waals surface area contributed by atoms with Crippen molar-refractivity contribution in [1.29, 1.82) is 0 Å². The SMILES string of the molecule is O=C(CCC[C@H](C(=O)O)N1C(=O)c2ccccc2C1=O)N[C@@H]1C(=O)N2C(C(=O)S)=C(c3ccccc3)CS[C@H]12. The Bertz CT molecular complexity index is 1410. The monoisotopic (exact) mass is 565 g/mol. The second-order valence-corrected chi connectivity index (χ2v) is 10.7. The van der Waals surface area contributed by atoms with Crippen LogP contribution in [-0.2, 0) is 19.2 Å². The standard InChI is InChI=1S/C27H23N3O7S2/c31-19(12-6-11-18(26(35)36)29-22(32)15-9-4-5-10-16(15)23(29)33)28-20-24(34)30-21(27(37)38)17(13-39-25(20)30)14-7-2-1-3-8-14/h1-5,7-10,18,20,25H,6,11-13H2,(H,28,31)(H,35,36)(H,37,38)/t18-,20-,25-/m1/s1. The Morgan fingerprint density at radius 1 is 1.00 bits per heavy atom. The number of hydrogen-bond donors (Lipinski definition) is 3. The molecule has 0 radical (unpaired) electrons. The maximum absolute atomic E-state index is 13.0. The lowest BCUT2D eigenvalue weighted by atomic mass is 9.99. The molecule has 2 aromatic rings. The first-order chi connectivity index (χ1) is 18.7. The van der Waals surface area contributed by atoms with Crippen LogP contribution in [0.2, 0.25) is 0 Å². The molecule has 4 amide bonds. The molecule has 3 aliphatic heterocycles. The van der Waals surface area contributed by atoms with Gasteiger partial charge in [0.2, 0.25) is 11.0 Å². The number of benzene rings is 2. The van der Waals surface area contributed by atoms with E-state index in [1.807, 2.05) is 30.3 Å². The summed E-state index contributed by atoms with van der Waals surface area (Å²) in [6.07, 6.45) is -0.173. The first-order valence-electron chi connectivity index (χ1n) is 12.2. The van der Waals surface area contributed by atoms with Crippen LogP contribution in [0.3, 0.4) is 0 Å². The van der Waals surface area contributed by atoms with Gasteiger partial charge in [0.05, 0.1) is 11.1 Å². The van der Waals surface area contributed by atoms with Gasteiger partial charge in [0.15, 0.2) is 0 Å². The molecule has 12 heteroatoms. The number of β-lactam (4-membered cyclic amide) rings is 1. The minimum absolute atomic E-state index is 0.0665. The molecule has 2 N–H and O–H groups in total. The van der Waals surface area contributed by atoms with Crippen molar-refractivity contribution in [3.8, 4) is 0 Å². The molecule has 3 aliphatic rings. The van der Waals surface area contributed by atoms with E-state index >= 15 is 0 Å². The van der Waals surface area contributed by atoms with E-state index in [0.717, 1.165) is 10.5 Å². The van der Waals surface area contributed by atoms with Gasteiger partial charge in [0, 0.05) is 12.2 Å². The molecule has 0 aliphatic carbocycles. The second-order valence-electron chi connectivity index (χ2n) is 9.23. The summed E-state index contributed by atoms with van der Waals surface area (Å²) < 4.78 is 0. The molecule has 1 fully saturated rings. The number of nitrogens with one attached hydrogen (secondary N) is 1. The molecular formula is C27H23N3O7S2. The number of hydrogen-bond acceptors (Lipinski definition) is 7. The van der Waals surface area contributed by atoms with Crippen molar-refractivity contribution in [2.45, 2.75) is 36.7 Å². The van der Waals surface area contributed by atoms with Gasteiger partial charge >= 0.3 is 5.97 Å². The summed E-state index contributed by atoms with van der Waals surface area (Å²) in [6, 6.07) is 13.1. The molecule has 0 aromatic heterocycles. The highest BCUT2D eigenvalue weighted by atomic mass is 32.2. The van der Waals surface area contributed by atoms with E-state index in [0.29, 0.717) is 11.3 Å². The largest absolute Gasteiger partial charge is 0.480 e. The topological polar surface area (TPSA) is 141 Å². The van der Waals surface area contributed by atoms with E-state index in [-0.39, 0.29) is 36.1 Å². The highest BCUT2D eigenvalue weighted by Crippen LogP contribution is 2.43. The minimum Gasteiger partial charge on any atom is -0.480 e. The number of thioether (sulfide) groups is 1. The number of fused-ring (bicyclic) bond motifs is 2. The van der Waals surface area contributed by atoms with Crippen molar-refractivity contribution < 1.29 is 33.9 Å². The molecule has 200 valence electrons. The Morgan fingerprint density at radius 2 is 1.62 bits per heavy atom. The number of thiol groups is 1. The molecule has 2 aromatic carbocycles. The Balaban J connectivity index is 1.20. The van der Waals surface area contributed by atoms with E-state index in [1.165, 1.54) is 28.8 Å². The van der Waals surface area contributed by atoms with Crippen molar-refractivity contribution >= 4 is 64.7 Å². The number of carbonyl (C=O) groups excluding carboxylic acids is 5. The Kier molecular flexibility index (Phi) is 7.32. The molecule has 1 saturated heterocycles. The van der Waals surface area contributed by atoms with Crippen LogP contribution in [0.1, 0.15) is 45.5 Å². The third-order valence-corrected chi connectivity index (χ3v) is 8.40. The molecule has 0 spiro atoms. The van der Waals surface area contributed by atoms with Crippen molar-refractivity contribution in [3.63, 3.8) is 0 Å². The van der Waals surface area contributed by atoms with E-state index in [4.69, 9.17) is 0 Å². The van der Waals surface area contributed by atoms with Crippen molar-refractivity contribution in [1.82, 2.24) is 15.1 Å². The van der Waals surface area contributed by atoms with Gasteiger partial charge in [-0.05, 0) is 36.1 Å². The lowest BCUT2D eigenvalue weighted by Crippen LogP contribution is -2.70. The molecular weight excluding hydrogens is 542 g/mol. The number of carbonyl (C=O) groups is 6. The highest BCUT2D eigenvalue weighted by Gasteiger charge is 2.53. The van der Waals surface area contributed by atoms with Crippen LogP contribution < -0.4 is 5.32 Å². The van der Waals surface area contributed by atoms with Crippen LogP contribution in [0.15, 0.2) is 60.3 Å². The molecule has 0 bridgehead atoms. The summed E-state index contributed by atoms with van der Waals surface area (Å²) in [7, 11) is 0. The average molecular weight is 566 g/mol. The average Bonchev–Trinajstić information content (AvgIpc) is 3.18. The van der Waals surface area contributed by atoms with Crippen LogP contribution in [-0.4, -0.2) is 72.8 Å². The predicted octanol–water partition coefficient (Wildman–Crippen LogP) is 2.17. The second kappa shape index (κ2) is 10.7. The maximum Gasteiger partial charge on any atom is 0.326 e. The van der Waals surface area contributed by atoms with Gasteiger partial charge in [-0.25, -0.2) is 4.79 Å². The molecule has 39 heavy (non-hydrogen) atoms. The quantitative estimate of drug-likeness (QED) is 0.239. The number of nitrogens with zero attached hydrogens (tertiary/aromatic N) is 2. The summed E-state index contributed by atoms with van der Waals surface area (Å²) >= 11 is 5.41. The lowest BCUT2D eigenvalue weighted by molar-refractivity contribution is -0.146. The summed E-state index contributed by atoms with van der Waals surface area (Å²) in [4.78, 5) is 77.4. The summed E-state index contributed by atoms with van der Waals surface area (Å²) in [5.74, 6) is -3.16. The van der Waals surface area contributed by atoms with Gasteiger partial charge in [-0.3, -0.25) is 33.8 Å². The molecule has 0 saturated carbocycles. The van der Waals surface area contributed by atoms with Crippen LogP contribution in [0, 0.1) is 0 Å². The molecule has 10 nitrogen and oxygen atoms in total. The molecule has 3 atom stereocenters. The van der Waals surface area contributed by atoms with E-state index in [9.17, 15) is 33.9 Å². The Hall–Kier alpha value is -3.90. The fourth-order valence-electron chi connectivity index (χ4n) is 5.03. The fourth-order valence-corrected chi connectivity index (χ4v) is 6.65. The van der Waals surface area contributed by atoms with Gasteiger partial charge in [-0.15, -0.1) is 11.8 Å². The van der Waals surface area contributed by atoms with E-state index in [1.54, 1.807) is 12.1 Å². The summed E-state index contributed by atoms with van der Waals surface area (Å²) in [5, 5.41) is 11.4. The van der Waals surface area contributed by atoms with E-state index < -0.39 is 52.2 Å². The number of aliphatic carboxylic acids is 1. The van der Waals surface area contributed by atoms with E-state index in [2.05, 4.69) is 17.9 Å². The van der Waals surface area contributed by atoms with Crippen molar-refractivity contribution in [2.24, 2.45) is 0 Å². The first-order valence-corrected chi connectivity index (χ1v) is 13.7. The number of carboxylic acid groups (broad SMARTS) is 1. The maximum atomic E-state index is 13.0. The van der Waals surface area contributed by atoms with Crippen LogP contribution in [0.5, 0.6) is 0 Å². The van der Waals surface area contributed by atoms with Gasteiger partial charge in [-0.2, -0.15) is 0 Å². The number of imide groups is 1. The van der Waals surface area contributed by atoms with Crippen molar-refractivity contribution in [2.75, 3.05) is 5.75 Å². The van der Waals surface area contributed by atoms with Gasteiger partial charge in [0.1, 0.15) is 23.2 Å². The smallest absolute Gasteiger partial charge is 0.326 e. The van der Waals surface area contributed by atoms with Gasteiger partial charge in [-0.1, -0.05) is 55.1 Å². The lowest BCUT2D eigenvalue weighted by Gasteiger charge is -2.50. The number of amides is 4. The van der Waals surface area contributed by atoms with Crippen molar-refractivity contribution in [3.05, 3.63) is 77.0 Å². The number of carboxylic acids is 1. The van der Waals surface area contributed by atoms with Crippen LogP contribution in [0.25, 0.3) is 5.57 Å². The third-order valence-electron chi connectivity index (χ3n) is 6.91. The third kappa shape index (κ3) is 4.74. The highest BCUT2D eigenvalue weighted by molar-refractivity contribution is 8.00. The Labute approximate surface area is 232 Å². The fraction of sp³-hybridized carbons (Fsp3) is 0.259. The zero-order chi connectivity index (χ0) is 27.8. The zero-order valence-electron chi connectivity index (χ0n) is 20.4. The zero-order valence-corrected chi connectivity index (χ0v) is 22.1. The number of rotatable bonds is 9. The van der Waals surface area contributed by atoms with Gasteiger partial charge < -0.3 is 10.4 Å². The summed E-state index contributed by atoms with van der Waals surface area (Å²) in [6.45, 7) is 0. The van der Waals surface area contributed by atoms with Gasteiger partial charge in [0.25, 0.3) is 17.7 Å². The first kappa shape index (κ1) is 26.7. The normalized spacial score (nSPS) is 20.8. The molecule has 0 unspecified atom stereocenters. The predicted molar refractivity (Wildman–Crippen MR) is 145 cm³/mol. The van der Waals surface area contributed by atoms with Crippen LogP contribution >= 0.6 is 24.4 Å². The van der Waals surface area contributed by atoms with Crippen LogP contribution in [0.4, 0.5) is 0 Å². The molecule has 5 rings (SSSR count). The Morgan fingerprint density at radius 3 is 2.21 bits per heavy atom. The summed E-state index contributed by atoms with van der Waals surface area (Å²) in [5.41, 5.74) is 2.00. The minimum atomic E-state index is -1.43.